The topological polar surface area (TPSA) is 75.4 Å². The molecule has 0 bridgehead atoms. The van der Waals surface area contributed by atoms with E-state index < -0.39 is 10.0 Å². The summed E-state index contributed by atoms with van der Waals surface area (Å²) >= 11 is 10.8. The van der Waals surface area contributed by atoms with E-state index in [0.717, 1.165) is 13.0 Å². The number of rotatable bonds is 7. The highest BCUT2D eigenvalue weighted by atomic mass is 35.5. The third-order valence-electron chi connectivity index (χ3n) is 2.59. The van der Waals surface area contributed by atoms with Crippen molar-refractivity contribution >= 4 is 38.8 Å². The van der Waals surface area contributed by atoms with Gasteiger partial charge >= 0.3 is 0 Å². The second-order valence-electron chi connectivity index (χ2n) is 4.56. The zero-order valence-electron chi connectivity index (χ0n) is 11.4. The van der Waals surface area contributed by atoms with E-state index in [1.807, 2.05) is 19.0 Å². The minimum absolute atomic E-state index is 0.104. The minimum Gasteiger partial charge on any atom is -0.389 e. The molecule has 5 nitrogen and oxygen atoms in total. The number of sulfonamides is 1. The number of nitrogens with one attached hydrogen (secondary N) is 1. The average Bonchev–Trinajstić information content (AvgIpc) is 2.34. The summed E-state index contributed by atoms with van der Waals surface area (Å²) in [6.45, 7) is 1.18. The molecule has 0 heterocycles. The first-order valence-corrected chi connectivity index (χ1v) is 8.24. The molecule has 1 aromatic carbocycles. The summed E-state index contributed by atoms with van der Waals surface area (Å²) in [6, 6.07) is 4.30. The van der Waals surface area contributed by atoms with Gasteiger partial charge in [-0.15, -0.1) is 0 Å². The third-order valence-corrected chi connectivity index (χ3v) is 4.58. The third kappa shape index (κ3) is 4.99. The fourth-order valence-electron chi connectivity index (χ4n) is 1.55. The van der Waals surface area contributed by atoms with Crippen LogP contribution in [0.3, 0.4) is 0 Å². The number of hydrogen-bond donors (Lipinski definition) is 2. The number of thiocarbonyl (C=S) groups is 1. The predicted molar refractivity (Wildman–Crippen MR) is 85.7 cm³/mol. The van der Waals surface area contributed by atoms with Crippen LogP contribution in [-0.2, 0) is 10.0 Å². The molecule has 0 fully saturated rings. The summed E-state index contributed by atoms with van der Waals surface area (Å²) in [5.74, 6) is 0. The van der Waals surface area contributed by atoms with Gasteiger partial charge in [-0.25, -0.2) is 13.1 Å². The van der Waals surface area contributed by atoms with Crippen LogP contribution in [0.4, 0.5) is 0 Å². The molecule has 0 aliphatic carbocycles. The Bertz CT molecular complexity index is 588. The molecule has 0 atom stereocenters. The highest BCUT2D eigenvalue weighted by Gasteiger charge is 2.15. The van der Waals surface area contributed by atoms with Gasteiger partial charge in [0.05, 0.1) is 9.92 Å². The van der Waals surface area contributed by atoms with Gasteiger partial charge in [-0.1, -0.05) is 23.8 Å². The maximum Gasteiger partial charge on any atom is 0.240 e. The molecular formula is C12H18ClN3O2S2. The van der Waals surface area contributed by atoms with E-state index in [1.54, 1.807) is 0 Å². The van der Waals surface area contributed by atoms with Gasteiger partial charge in [0.15, 0.2) is 0 Å². The molecule has 0 radical (unpaired) electrons. The fraction of sp³-hybridized carbons (Fsp3) is 0.417. The van der Waals surface area contributed by atoms with Crippen LogP contribution in [0.1, 0.15) is 12.0 Å². The van der Waals surface area contributed by atoms with Crippen LogP contribution in [-0.4, -0.2) is 45.5 Å². The minimum atomic E-state index is -3.56. The molecule has 0 aliphatic heterocycles. The molecule has 0 amide bonds. The molecule has 20 heavy (non-hydrogen) atoms. The van der Waals surface area contributed by atoms with E-state index in [2.05, 4.69) is 4.72 Å². The van der Waals surface area contributed by atoms with Crippen LogP contribution in [0.5, 0.6) is 0 Å². The van der Waals surface area contributed by atoms with E-state index >= 15 is 0 Å². The van der Waals surface area contributed by atoms with Crippen molar-refractivity contribution in [1.82, 2.24) is 9.62 Å². The Kier molecular flexibility index (Phi) is 6.35. The van der Waals surface area contributed by atoms with E-state index in [0.29, 0.717) is 12.1 Å². The van der Waals surface area contributed by atoms with Gasteiger partial charge < -0.3 is 10.6 Å². The summed E-state index contributed by atoms with van der Waals surface area (Å²) in [5, 5.41) is 0.230. The smallest absolute Gasteiger partial charge is 0.240 e. The van der Waals surface area contributed by atoms with Gasteiger partial charge in [0.25, 0.3) is 0 Å². The number of benzene rings is 1. The van der Waals surface area contributed by atoms with Crippen LogP contribution >= 0.6 is 23.8 Å². The first kappa shape index (κ1) is 17.3. The first-order valence-electron chi connectivity index (χ1n) is 5.98. The Labute approximate surface area is 130 Å². The molecule has 1 rings (SSSR count). The summed E-state index contributed by atoms with van der Waals surface area (Å²) in [4.78, 5) is 2.23. The summed E-state index contributed by atoms with van der Waals surface area (Å²) in [7, 11) is 0.306. The number of halogens is 1. The van der Waals surface area contributed by atoms with Crippen molar-refractivity contribution in [3.8, 4) is 0 Å². The highest BCUT2D eigenvalue weighted by Crippen LogP contribution is 2.20. The van der Waals surface area contributed by atoms with Gasteiger partial charge in [0, 0.05) is 12.1 Å². The van der Waals surface area contributed by atoms with Crippen LogP contribution < -0.4 is 10.5 Å². The first-order chi connectivity index (χ1) is 9.24. The van der Waals surface area contributed by atoms with E-state index in [9.17, 15) is 8.42 Å². The lowest BCUT2D eigenvalue weighted by atomic mass is 10.2. The van der Waals surface area contributed by atoms with Crippen molar-refractivity contribution in [3.63, 3.8) is 0 Å². The van der Waals surface area contributed by atoms with Crippen molar-refractivity contribution in [2.45, 2.75) is 11.3 Å². The Hall–Kier alpha value is -0.730. The lowest BCUT2D eigenvalue weighted by Crippen LogP contribution is -2.27. The maximum atomic E-state index is 12.1. The molecule has 0 aromatic heterocycles. The maximum absolute atomic E-state index is 12.1. The Morgan fingerprint density at radius 1 is 1.45 bits per heavy atom. The average molecular weight is 336 g/mol. The lowest BCUT2D eigenvalue weighted by molar-refractivity contribution is 0.400. The van der Waals surface area contributed by atoms with Crippen molar-refractivity contribution in [2.75, 3.05) is 27.2 Å². The number of hydrogen-bond acceptors (Lipinski definition) is 4. The quantitative estimate of drug-likeness (QED) is 0.578. The van der Waals surface area contributed by atoms with Gasteiger partial charge in [-0.2, -0.15) is 0 Å². The van der Waals surface area contributed by atoms with Crippen molar-refractivity contribution in [1.29, 1.82) is 0 Å². The Balaban J connectivity index is 2.78. The zero-order valence-corrected chi connectivity index (χ0v) is 13.8. The number of nitrogens with two attached hydrogens (primary N) is 1. The van der Waals surface area contributed by atoms with Crippen LogP contribution in [0.25, 0.3) is 0 Å². The van der Waals surface area contributed by atoms with Gasteiger partial charge in [0.2, 0.25) is 10.0 Å². The number of nitrogens with zero attached hydrogens (tertiary/aromatic N) is 1. The predicted octanol–water partition coefficient (Wildman–Crippen LogP) is 1.20. The molecule has 112 valence electrons. The molecule has 0 saturated heterocycles. The molecule has 3 N–H and O–H groups in total. The van der Waals surface area contributed by atoms with Crippen LogP contribution in [0.2, 0.25) is 5.02 Å². The SMILES string of the molecule is CN(C)CCCNS(=O)(=O)c1ccc(C(N)=S)c(Cl)c1. The largest absolute Gasteiger partial charge is 0.389 e. The van der Waals surface area contributed by atoms with Crippen LogP contribution in [0.15, 0.2) is 23.1 Å². The van der Waals surface area contributed by atoms with Crippen LogP contribution in [0, 0.1) is 0 Å². The molecule has 1 aromatic rings. The molecule has 0 unspecified atom stereocenters. The van der Waals surface area contributed by atoms with Gasteiger partial charge in [-0.05, 0) is 45.3 Å². The summed E-state index contributed by atoms with van der Waals surface area (Å²) in [6.07, 6.45) is 0.727. The van der Waals surface area contributed by atoms with E-state index in [4.69, 9.17) is 29.6 Å². The molecule has 0 aliphatic rings. The molecule has 0 spiro atoms. The van der Waals surface area contributed by atoms with Gasteiger partial charge in [-0.3, -0.25) is 0 Å². The lowest BCUT2D eigenvalue weighted by Gasteiger charge is -2.11. The molecular weight excluding hydrogens is 318 g/mol. The second-order valence-corrected chi connectivity index (χ2v) is 7.17. The second kappa shape index (κ2) is 7.33. The molecule has 0 saturated carbocycles. The summed E-state index contributed by atoms with van der Waals surface area (Å²) < 4.78 is 26.7. The van der Waals surface area contributed by atoms with Crippen molar-refractivity contribution < 1.29 is 8.42 Å². The highest BCUT2D eigenvalue weighted by molar-refractivity contribution is 7.89. The fourth-order valence-corrected chi connectivity index (χ4v) is 3.23. The standard InChI is InChI=1S/C12H18ClN3O2S2/c1-16(2)7-3-6-15-20(17,18)9-4-5-10(12(14)19)11(13)8-9/h4-5,8,15H,3,6-7H2,1-2H3,(H2,14,19). The summed E-state index contributed by atoms with van der Waals surface area (Å²) in [5.41, 5.74) is 5.94. The normalized spacial score (nSPS) is 11.8. The van der Waals surface area contributed by atoms with E-state index in [-0.39, 0.29) is 14.9 Å². The van der Waals surface area contributed by atoms with Gasteiger partial charge in [0.1, 0.15) is 4.99 Å². The zero-order chi connectivity index (χ0) is 15.3. The van der Waals surface area contributed by atoms with E-state index in [1.165, 1.54) is 18.2 Å². The van der Waals surface area contributed by atoms with Crippen molar-refractivity contribution in [2.24, 2.45) is 5.73 Å². The Morgan fingerprint density at radius 2 is 2.10 bits per heavy atom. The van der Waals surface area contributed by atoms with Crippen molar-refractivity contribution in [3.05, 3.63) is 28.8 Å². The monoisotopic (exact) mass is 335 g/mol. The molecule has 8 heteroatoms. The Morgan fingerprint density at radius 3 is 2.60 bits per heavy atom.